The van der Waals surface area contributed by atoms with Crippen LogP contribution < -0.4 is 5.32 Å². The Labute approximate surface area is 156 Å². The van der Waals surface area contributed by atoms with Crippen LogP contribution in [0.2, 0.25) is 0 Å². The highest BCUT2D eigenvalue weighted by atomic mass is 16.2. The Kier molecular flexibility index (Phi) is 4.38. The highest BCUT2D eigenvalue weighted by Gasteiger charge is 2.16. The Morgan fingerprint density at radius 3 is 2.56 bits per heavy atom. The molecule has 0 atom stereocenters. The van der Waals surface area contributed by atoms with Crippen molar-refractivity contribution in [2.75, 3.05) is 5.32 Å². The SMILES string of the molecule is Cc1ccc(-c2ccnc3c2c(C)nn3CC(=O)Nc2ccccn2)cc1. The number of aryl methyl sites for hydroxylation is 2. The van der Waals surface area contributed by atoms with E-state index in [9.17, 15) is 4.79 Å². The number of benzene rings is 1. The van der Waals surface area contributed by atoms with Gasteiger partial charge in [-0.3, -0.25) is 4.79 Å². The van der Waals surface area contributed by atoms with Crippen LogP contribution in [0.4, 0.5) is 5.82 Å². The van der Waals surface area contributed by atoms with Crippen molar-refractivity contribution < 1.29 is 4.79 Å². The standard InChI is InChI=1S/C21H19N5O/c1-14-6-8-16(9-7-14)17-10-12-23-21-20(17)15(2)25-26(21)13-19(27)24-18-5-3-4-11-22-18/h3-12H,13H2,1-2H3,(H,22,24,27). The van der Waals surface area contributed by atoms with Crippen molar-refractivity contribution in [3.63, 3.8) is 0 Å². The van der Waals surface area contributed by atoms with E-state index in [0.29, 0.717) is 11.5 Å². The third kappa shape index (κ3) is 3.42. The minimum Gasteiger partial charge on any atom is -0.309 e. The van der Waals surface area contributed by atoms with E-state index in [1.807, 2.05) is 19.1 Å². The maximum atomic E-state index is 12.4. The smallest absolute Gasteiger partial charge is 0.247 e. The largest absolute Gasteiger partial charge is 0.309 e. The second-order valence-electron chi connectivity index (χ2n) is 6.43. The molecular weight excluding hydrogens is 338 g/mol. The van der Waals surface area contributed by atoms with Gasteiger partial charge >= 0.3 is 0 Å². The van der Waals surface area contributed by atoms with Crippen molar-refractivity contribution >= 4 is 22.8 Å². The first-order valence-electron chi connectivity index (χ1n) is 8.72. The van der Waals surface area contributed by atoms with E-state index >= 15 is 0 Å². The number of carbonyl (C=O) groups is 1. The van der Waals surface area contributed by atoms with Gasteiger partial charge in [-0.05, 0) is 43.2 Å². The molecule has 1 amide bonds. The summed E-state index contributed by atoms with van der Waals surface area (Å²) in [5.74, 6) is 0.324. The fourth-order valence-corrected chi connectivity index (χ4v) is 3.12. The van der Waals surface area contributed by atoms with Crippen LogP contribution in [0.25, 0.3) is 22.2 Å². The average molecular weight is 357 g/mol. The van der Waals surface area contributed by atoms with Gasteiger partial charge in [-0.25, -0.2) is 14.6 Å². The first-order chi connectivity index (χ1) is 13.1. The topological polar surface area (TPSA) is 72.7 Å². The number of amides is 1. The number of nitrogens with zero attached hydrogens (tertiary/aromatic N) is 4. The quantitative estimate of drug-likeness (QED) is 0.604. The fraction of sp³-hybridized carbons (Fsp3) is 0.143. The lowest BCUT2D eigenvalue weighted by Crippen LogP contribution is -2.20. The molecule has 134 valence electrons. The predicted octanol–water partition coefficient (Wildman–Crippen LogP) is 3.75. The molecule has 0 saturated carbocycles. The van der Waals surface area contributed by atoms with E-state index in [1.54, 1.807) is 29.2 Å². The van der Waals surface area contributed by atoms with E-state index in [0.717, 1.165) is 22.2 Å². The highest BCUT2D eigenvalue weighted by Crippen LogP contribution is 2.29. The summed E-state index contributed by atoms with van der Waals surface area (Å²) in [6.07, 6.45) is 3.39. The van der Waals surface area contributed by atoms with Crippen LogP contribution in [-0.2, 0) is 11.3 Å². The molecule has 4 aromatic rings. The number of nitrogens with one attached hydrogen (secondary N) is 1. The lowest BCUT2D eigenvalue weighted by Gasteiger charge is -2.06. The zero-order chi connectivity index (χ0) is 18.8. The second kappa shape index (κ2) is 6.99. The van der Waals surface area contributed by atoms with E-state index in [-0.39, 0.29) is 12.5 Å². The molecule has 6 nitrogen and oxygen atoms in total. The molecule has 1 aromatic carbocycles. The van der Waals surface area contributed by atoms with Gasteiger partial charge < -0.3 is 5.32 Å². The van der Waals surface area contributed by atoms with Crippen LogP contribution in [0, 0.1) is 13.8 Å². The lowest BCUT2D eigenvalue weighted by molar-refractivity contribution is -0.116. The zero-order valence-corrected chi connectivity index (χ0v) is 15.2. The zero-order valence-electron chi connectivity index (χ0n) is 15.2. The molecule has 3 aromatic heterocycles. The molecule has 0 aliphatic rings. The van der Waals surface area contributed by atoms with Crippen molar-refractivity contribution in [1.82, 2.24) is 19.7 Å². The number of hydrogen-bond donors (Lipinski definition) is 1. The summed E-state index contributed by atoms with van der Waals surface area (Å²) in [5.41, 5.74) is 4.92. The fourth-order valence-electron chi connectivity index (χ4n) is 3.12. The molecule has 0 saturated heterocycles. The lowest BCUT2D eigenvalue weighted by atomic mass is 10.0. The maximum absolute atomic E-state index is 12.4. The second-order valence-corrected chi connectivity index (χ2v) is 6.43. The Morgan fingerprint density at radius 1 is 1.00 bits per heavy atom. The number of aromatic nitrogens is 4. The molecule has 0 aliphatic carbocycles. The summed E-state index contributed by atoms with van der Waals surface area (Å²) in [7, 11) is 0. The van der Waals surface area contributed by atoms with Crippen LogP contribution in [0.3, 0.4) is 0 Å². The molecule has 3 heterocycles. The van der Waals surface area contributed by atoms with Crippen LogP contribution in [0.15, 0.2) is 60.9 Å². The van der Waals surface area contributed by atoms with Gasteiger partial charge in [0, 0.05) is 17.8 Å². The first-order valence-corrected chi connectivity index (χ1v) is 8.72. The van der Waals surface area contributed by atoms with Crippen LogP contribution >= 0.6 is 0 Å². The molecule has 0 aliphatic heterocycles. The molecule has 27 heavy (non-hydrogen) atoms. The summed E-state index contributed by atoms with van der Waals surface area (Å²) >= 11 is 0. The Hall–Kier alpha value is -3.54. The average Bonchev–Trinajstić information content (AvgIpc) is 2.99. The van der Waals surface area contributed by atoms with Crippen molar-refractivity contribution in [2.24, 2.45) is 0 Å². The Balaban J connectivity index is 1.68. The number of fused-ring (bicyclic) bond motifs is 1. The third-order valence-corrected chi connectivity index (χ3v) is 4.40. The van der Waals surface area contributed by atoms with Gasteiger partial charge in [0.2, 0.25) is 5.91 Å². The van der Waals surface area contributed by atoms with E-state index in [4.69, 9.17) is 0 Å². The van der Waals surface area contributed by atoms with Gasteiger partial charge in [-0.15, -0.1) is 0 Å². The number of rotatable bonds is 4. The van der Waals surface area contributed by atoms with Gasteiger partial charge in [-0.2, -0.15) is 5.10 Å². The van der Waals surface area contributed by atoms with Crippen LogP contribution in [-0.4, -0.2) is 25.7 Å². The first kappa shape index (κ1) is 16.9. The molecule has 0 unspecified atom stereocenters. The number of anilines is 1. The van der Waals surface area contributed by atoms with Gasteiger partial charge in [0.15, 0.2) is 5.65 Å². The number of pyridine rings is 2. The van der Waals surface area contributed by atoms with E-state index in [2.05, 4.69) is 51.6 Å². The van der Waals surface area contributed by atoms with Gasteiger partial charge in [0.1, 0.15) is 12.4 Å². The number of carbonyl (C=O) groups excluding carboxylic acids is 1. The molecule has 1 N–H and O–H groups in total. The van der Waals surface area contributed by atoms with E-state index in [1.165, 1.54) is 5.56 Å². The van der Waals surface area contributed by atoms with Gasteiger partial charge in [0.25, 0.3) is 0 Å². The maximum Gasteiger partial charge on any atom is 0.247 e. The van der Waals surface area contributed by atoms with Crippen LogP contribution in [0.1, 0.15) is 11.3 Å². The van der Waals surface area contributed by atoms with Crippen molar-refractivity contribution in [3.05, 3.63) is 72.2 Å². The summed E-state index contributed by atoms with van der Waals surface area (Å²) in [4.78, 5) is 21.0. The minimum atomic E-state index is -0.194. The summed E-state index contributed by atoms with van der Waals surface area (Å²) < 4.78 is 1.64. The molecule has 6 heteroatoms. The molecule has 4 rings (SSSR count). The molecular formula is C21H19N5O. The molecule has 0 radical (unpaired) electrons. The van der Waals surface area contributed by atoms with Crippen molar-refractivity contribution in [1.29, 1.82) is 0 Å². The van der Waals surface area contributed by atoms with Gasteiger partial charge in [0.05, 0.1) is 5.69 Å². The molecule has 0 bridgehead atoms. The van der Waals surface area contributed by atoms with Gasteiger partial charge in [-0.1, -0.05) is 35.9 Å². The molecule has 0 spiro atoms. The normalized spacial score (nSPS) is 10.9. The van der Waals surface area contributed by atoms with E-state index < -0.39 is 0 Å². The monoisotopic (exact) mass is 357 g/mol. The highest BCUT2D eigenvalue weighted by molar-refractivity contribution is 5.96. The summed E-state index contributed by atoms with van der Waals surface area (Å²) in [6, 6.07) is 15.7. The Morgan fingerprint density at radius 2 is 1.81 bits per heavy atom. The minimum absolute atomic E-state index is 0.0747. The van der Waals surface area contributed by atoms with Crippen LogP contribution in [0.5, 0.6) is 0 Å². The van der Waals surface area contributed by atoms with Crippen molar-refractivity contribution in [3.8, 4) is 11.1 Å². The van der Waals surface area contributed by atoms with Crippen molar-refractivity contribution in [2.45, 2.75) is 20.4 Å². The Bertz CT molecular complexity index is 1100. The summed E-state index contributed by atoms with van der Waals surface area (Å²) in [5, 5.41) is 8.29. The predicted molar refractivity (Wildman–Crippen MR) is 105 cm³/mol. The number of hydrogen-bond acceptors (Lipinski definition) is 4. The summed E-state index contributed by atoms with van der Waals surface area (Å²) in [6.45, 7) is 4.08. The molecule has 0 fully saturated rings. The third-order valence-electron chi connectivity index (χ3n) is 4.40.